The lowest BCUT2D eigenvalue weighted by Gasteiger charge is -2.44. The number of benzene rings is 2. The molecule has 3 heterocycles. The first-order valence-electron chi connectivity index (χ1n) is 12.8. The van der Waals surface area contributed by atoms with Gasteiger partial charge in [-0.15, -0.1) is 11.3 Å². The van der Waals surface area contributed by atoms with Gasteiger partial charge >= 0.3 is 0 Å². The zero-order chi connectivity index (χ0) is 27.3. The Balaban J connectivity index is 1.34. The number of phenols is 1. The summed E-state index contributed by atoms with van der Waals surface area (Å²) in [5, 5.41) is 24.4. The molecule has 0 unspecified atom stereocenters. The lowest BCUT2D eigenvalue weighted by atomic mass is 9.64. The number of amides is 2. The van der Waals surface area contributed by atoms with Crippen molar-refractivity contribution in [2.24, 2.45) is 23.7 Å². The third-order valence-corrected chi connectivity index (χ3v) is 9.87. The molecule has 6 rings (SSSR count). The predicted octanol–water partition coefficient (Wildman–Crippen LogP) is 4.73. The number of carbonyl (C=O) groups is 2. The van der Waals surface area contributed by atoms with Crippen LogP contribution in [0, 0.1) is 27.2 Å². The number of ether oxygens (including phenoxy) is 3. The number of halogens is 1. The Bertz CT molecular complexity index is 1380. The summed E-state index contributed by atoms with van der Waals surface area (Å²) in [5.74, 6) is -3.52. The van der Waals surface area contributed by atoms with Crippen LogP contribution in [0.5, 0.6) is 17.2 Å². The van der Waals surface area contributed by atoms with E-state index in [9.17, 15) is 19.8 Å². The maximum Gasteiger partial charge on any atom is 0.233 e. The van der Waals surface area contributed by atoms with Gasteiger partial charge < -0.3 is 24.4 Å². The average molecular weight is 662 g/mol. The van der Waals surface area contributed by atoms with Gasteiger partial charge in [-0.05, 0) is 76.7 Å². The van der Waals surface area contributed by atoms with Crippen molar-refractivity contribution in [2.75, 3.05) is 13.7 Å². The maximum absolute atomic E-state index is 13.7. The zero-order valence-corrected chi connectivity index (χ0v) is 24.1. The fourth-order valence-corrected chi connectivity index (χ4v) is 7.63. The number of hydrogen-bond donors (Lipinski definition) is 2. The number of methoxy groups -OCH3 is 1. The third-order valence-electron chi connectivity index (χ3n) is 8.19. The van der Waals surface area contributed by atoms with E-state index < -0.39 is 35.6 Å². The van der Waals surface area contributed by atoms with Crippen molar-refractivity contribution in [3.05, 3.63) is 74.0 Å². The molecule has 2 aromatic carbocycles. The molecule has 204 valence electrons. The van der Waals surface area contributed by atoms with Crippen molar-refractivity contribution in [1.82, 2.24) is 4.90 Å². The summed E-state index contributed by atoms with van der Waals surface area (Å²) in [5.41, 5.74) is 0.725. The highest BCUT2D eigenvalue weighted by Crippen LogP contribution is 2.58. The van der Waals surface area contributed by atoms with Crippen LogP contribution in [-0.2, 0) is 20.9 Å². The van der Waals surface area contributed by atoms with E-state index in [1.54, 1.807) is 12.1 Å². The highest BCUT2D eigenvalue weighted by Gasteiger charge is 2.67. The number of phenolic OH excluding ortho intramolecular Hbond substituents is 1. The molecular formula is C29H28INO7S. The first-order chi connectivity index (χ1) is 18.8. The molecule has 10 heteroatoms. The summed E-state index contributed by atoms with van der Waals surface area (Å²) in [7, 11) is 1.48. The highest BCUT2D eigenvalue weighted by atomic mass is 127. The maximum atomic E-state index is 13.7. The van der Waals surface area contributed by atoms with Gasteiger partial charge in [-0.3, -0.25) is 14.5 Å². The summed E-state index contributed by atoms with van der Waals surface area (Å²) in [6.07, 6.45) is 0.0596. The molecule has 6 atom stereocenters. The number of aliphatic hydroxyl groups is 1. The van der Waals surface area contributed by atoms with Gasteiger partial charge in [0.15, 0.2) is 17.3 Å². The molecule has 0 radical (unpaired) electrons. The summed E-state index contributed by atoms with van der Waals surface area (Å²) in [6, 6.07) is 16.6. The molecule has 1 aliphatic carbocycles. The van der Waals surface area contributed by atoms with Crippen molar-refractivity contribution < 1.29 is 34.0 Å². The molecule has 2 aliphatic heterocycles. The van der Waals surface area contributed by atoms with Gasteiger partial charge in [-0.1, -0.05) is 24.3 Å². The second-order valence-electron chi connectivity index (χ2n) is 10.3. The Morgan fingerprint density at radius 1 is 1.13 bits per heavy atom. The molecule has 39 heavy (non-hydrogen) atoms. The minimum Gasteiger partial charge on any atom is -0.504 e. The van der Waals surface area contributed by atoms with Crippen LogP contribution in [0.3, 0.4) is 0 Å². The SMILES string of the molecule is COc1cc([C@@H]2C[C@H]3[C@H]4C(=O)N(Cc5cccs5)C(=O)[C@H]4C[C@H](COc4ccccc4)[C@@]3(O)O2)cc(I)c1O. The Morgan fingerprint density at radius 3 is 2.64 bits per heavy atom. The first kappa shape index (κ1) is 26.5. The molecule has 2 saturated heterocycles. The average Bonchev–Trinajstić information content (AvgIpc) is 3.64. The van der Waals surface area contributed by atoms with Gasteiger partial charge in [-0.25, -0.2) is 0 Å². The van der Waals surface area contributed by atoms with E-state index >= 15 is 0 Å². The van der Waals surface area contributed by atoms with Crippen LogP contribution in [0.4, 0.5) is 0 Å². The molecule has 2 amide bonds. The smallest absolute Gasteiger partial charge is 0.233 e. The summed E-state index contributed by atoms with van der Waals surface area (Å²) in [6.45, 7) is 0.367. The van der Waals surface area contributed by atoms with E-state index in [2.05, 4.69) is 0 Å². The second kappa shape index (κ2) is 10.4. The standard InChI is InChI=1S/C29H28INO7S/c1-36-24-11-16(10-22(30)26(24)32)23-13-21-25-20(27(33)31(28(25)34)14-19-8-5-9-39-19)12-17(29(21,35)38-23)15-37-18-6-3-2-4-7-18/h2-11,17,20-21,23,25,32,35H,12-15H2,1H3/t17-,20+,21+,23+,25+,29-/m1/s1. The van der Waals surface area contributed by atoms with Crippen LogP contribution in [0.25, 0.3) is 0 Å². The predicted molar refractivity (Wildman–Crippen MR) is 151 cm³/mol. The molecule has 1 saturated carbocycles. The van der Waals surface area contributed by atoms with E-state index in [0.717, 1.165) is 10.4 Å². The number of aromatic hydroxyl groups is 1. The second-order valence-corrected chi connectivity index (χ2v) is 12.5. The number of nitrogens with zero attached hydrogens (tertiary/aromatic N) is 1. The molecular weight excluding hydrogens is 633 g/mol. The minimum atomic E-state index is -1.67. The molecule has 1 aromatic heterocycles. The number of fused-ring (bicyclic) bond motifs is 3. The molecule has 3 aromatic rings. The number of para-hydroxylation sites is 1. The molecule has 0 spiro atoms. The van der Waals surface area contributed by atoms with E-state index in [-0.39, 0.29) is 37.1 Å². The topological polar surface area (TPSA) is 106 Å². The Morgan fingerprint density at radius 2 is 1.92 bits per heavy atom. The van der Waals surface area contributed by atoms with Crippen LogP contribution in [0.15, 0.2) is 60.0 Å². The lowest BCUT2D eigenvalue weighted by molar-refractivity contribution is -0.272. The monoisotopic (exact) mass is 661 g/mol. The van der Waals surface area contributed by atoms with Crippen LogP contribution in [0.1, 0.15) is 29.4 Å². The Kier molecular flexibility index (Phi) is 7.07. The number of imide groups is 1. The van der Waals surface area contributed by atoms with Gasteiger partial charge in [0.1, 0.15) is 5.75 Å². The van der Waals surface area contributed by atoms with E-state index in [1.165, 1.54) is 23.3 Å². The van der Waals surface area contributed by atoms with Gasteiger partial charge in [0, 0.05) is 16.7 Å². The number of likely N-dealkylation sites (tertiary alicyclic amines) is 1. The summed E-state index contributed by atoms with van der Waals surface area (Å²) < 4.78 is 18.4. The zero-order valence-electron chi connectivity index (χ0n) is 21.2. The fourth-order valence-electron chi connectivity index (χ4n) is 6.31. The van der Waals surface area contributed by atoms with E-state index in [4.69, 9.17) is 14.2 Å². The van der Waals surface area contributed by atoms with Crippen LogP contribution in [-0.4, -0.2) is 46.4 Å². The minimum absolute atomic E-state index is 0.0333. The first-order valence-corrected chi connectivity index (χ1v) is 14.8. The Hall–Kier alpha value is -2.67. The van der Waals surface area contributed by atoms with Crippen LogP contribution < -0.4 is 9.47 Å². The fraction of sp³-hybridized carbons (Fsp3) is 0.379. The van der Waals surface area contributed by atoms with Crippen molar-refractivity contribution >= 4 is 45.7 Å². The highest BCUT2D eigenvalue weighted by molar-refractivity contribution is 14.1. The third kappa shape index (κ3) is 4.60. The van der Waals surface area contributed by atoms with Gasteiger partial charge in [0.25, 0.3) is 0 Å². The summed E-state index contributed by atoms with van der Waals surface area (Å²) >= 11 is 3.53. The number of carbonyl (C=O) groups excluding carboxylic acids is 2. The van der Waals surface area contributed by atoms with E-state index in [0.29, 0.717) is 21.5 Å². The summed E-state index contributed by atoms with van der Waals surface area (Å²) in [4.78, 5) is 29.6. The van der Waals surface area contributed by atoms with Crippen molar-refractivity contribution in [3.8, 4) is 17.2 Å². The number of hydrogen-bond acceptors (Lipinski definition) is 8. The molecule has 8 nitrogen and oxygen atoms in total. The molecule has 0 bridgehead atoms. The van der Waals surface area contributed by atoms with Gasteiger partial charge in [0.2, 0.25) is 11.8 Å². The lowest BCUT2D eigenvalue weighted by Crippen LogP contribution is -2.55. The Labute approximate surface area is 243 Å². The quantitative estimate of drug-likeness (QED) is 0.279. The van der Waals surface area contributed by atoms with Crippen LogP contribution in [0.2, 0.25) is 0 Å². The van der Waals surface area contributed by atoms with Crippen molar-refractivity contribution in [1.29, 1.82) is 0 Å². The van der Waals surface area contributed by atoms with Crippen molar-refractivity contribution in [3.63, 3.8) is 0 Å². The molecule has 3 aliphatic rings. The normalized spacial score (nSPS) is 29.8. The van der Waals surface area contributed by atoms with Crippen molar-refractivity contribution in [2.45, 2.75) is 31.3 Å². The van der Waals surface area contributed by atoms with Gasteiger partial charge in [0.05, 0.1) is 41.8 Å². The number of thiophene rings is 1. The van der Waals surface area contributed by atoms with E-state index in [1.807, 2.05) is 70.4 Å². The molecule has 2 N–H and O–H groups in total. The largest absolute Gasteiger partial charge is 0.504 e. The van der Waals surface area contributed by atoms with Crippen LogP contribution >= 0.6 is 33.9 Å². The van der Waals surface area contributed by atoms with Gasteiger partial charge in [-0.2, -0.15) is 0 Å². The molecule has 3 fully saturated rings. The number of rotatable bonds is 7.